The molecule has 0 aliphatic heterocycles. The van der Waals surface area contributed by atoms with Crippen LogP contribution in [0.5, 0.6) is 0 Å². The molecule has 0 aliphatic carbocycles. The third kappa shape index (κ3) is 5.95. The third-order valence-electron chi connectivity index (χ3n) is 3.21. The Balaban J connectivity index is 0.00000288. The van der Waals surface area contributed by atoms with Gasteiger partial charge in [0.15, 0.2) is 5.96 Å². The molecule has 0 saturated carbocycles. The second-order valence-electron chi connectivity index (χ2n) is 5.23. The van der Waals surface area contributed by atoms with E-state index >= 15 is 0 Å². The normalized spacial score (nSPS) is 10.9. The molecule has 2 heterocycles. The molecule has 8 nitrogen and oxygen atoms in total. The summed E-state index contributed by atoms with van der Waals surface area (Å²) in [5.41, 5.74) is 0.923. The van der Waals surface area contributed by atoms with Gasteiger partial charge in [0.2, 0.25) is 0 Å². The van der Waals surface area contributed by atoms with E-state index in [1.54, 1.807) is 4.68 Å². The first-order chi connectivity index (χ1) is 11.1. The van der Waals surface area contributed by atoms with Gasteiger partial charge in [-0.25, -0.2) is 15.0 Å². The smallest absolute Gasteiger partial charge is 0.192 e. The van der Waals surface area contributed by atoms with Crippen molar-refractivity contribution in [3.8, 4) is 0 Å². The van der Waals surface area contributed by atoms with Crippen molar-refractivity contribution in [2.24, 2.45) is 12.0 Å². The molecular formula is C15H25IN8. The minimum absolute atomic E-state index is 0. The number of rotatable bonds is 6. The fraction of sp³-hybridized carbons (Fsp3) is 0.467. The summed E-state index contributed by atoms with van der Waals surface area (Å²) in [4.78, 5) is 15.3. The van der Waals surface area contributed by atoms with Gasteiger partial charge < -0.3 is 15.5 Å². The molecule has 0 radical (unpaired) electrons. The summed E-state index contributed by atoms with van der Waals surface area (Å²) >= 11 is 0. The summed E-state index contributed by atoms with van der Waals surface area (Å²) < 4.78 is 1.73. The molecule has 0 saturated heterocycles. The van der Waals surface area contributed by atoms with Crippen molar-refractivity contribution in [2.45, 2.75) is 20.0 Å². The van der Waals surface area contributed by atoms with Gasteiger partial charge in [0.1, 0.15) is 18.0 Å². The van der Waals surface area contributed by atoms with Gasteiger partial charge >= 0.3 is 0 Å². The average Bonchev–Trinajstić information content (AvgIpc) is 2.95. The van der Waals surface area contributed by atoms with Gasteiger partial charge in [0, 0.05) is 27.7 Å². The highest BCUT2D eigenvalue weighted by molar-refractivity contribution is 14.0. The lowest BCUT2D eigenvalue weighted by Gasteiger charge is -2.13. The monoisotopic (exact) mass is 444 g/mol. The molecule has 2 aromatic heterocycles. The van der Waals surface area contributed by atoms with E-state index < -0.39 is 0 Å². The number of halogens is 1. The quantitative estimate of drug-likeness (QED) is 0.395. The van der Waals surface area contributed by atoms with Gasteiger partial charge in [0.25, 0.3) is 0 Å². The van der Waals surface area contributed by atoms with Crippen LogP contribution >= 0.6 is 24.0 Å². The van der Waals surface area contributed by atoms with Crippen LogP contribution in [0.3, 0.4) is 0 Å². The second-order valence-corrected chi connectivity index (χ2v) is 5.23. The number of nitrogens with one attached hydrogen (secondary N) is 2. The average molecular weight is 444 g/mol. The molecule has 24 heavy (non-hydrogen) atoms. The van der Waals surface area contributed by atoms with E-state index in [1.165, 1.54) is 6.33 Å². The minimum atomic E-state index is 0. The molecule has 0 atom stereocenters. The van der Waals surface area contributed by atoms with Crippen molar-refractivity contribution in [3.05, 3.63) is 36.0 Å². The first-order valence-corrected chi connectivity index (χ1v) is 7.58. The van der Waals surface area contributed by atoms with Crippen LogP contribution in [0.2, 0.25) is 0 Å². The predicted octanol–water partition coefficient (Wildman–Crippen LogP) is 1.15. The molecule has 0 spiro atoms. The Bertz CT molecular complexity index is 652. The summed E-state index contributed by atoms with van der Waals surface area (Å²) in [5, 5.41) is 10.5. The van der Waals surface area contributed by atoms with Crippen molar-refractivity contribution < 1.29 is 0 Å². The second kappa shape index (κ2) is 10.1. The van der Waals surface area contributed by atoms with Crippen LogP contribution in [0.15, 0.2) is 29.5 Å². The van der Waals surface area contributed by atoms with Crippen LogP contribution in [0.4, 0.5) is 5.82 Å². The van der Waals surface area contributed by atoms with Gasteiger partial charge in [0.05, 0.1) is 18.8 Å². The molecule has 9 heteroatoms. The number of aromatic nitrogens is 4. The number of hydrogen-bond donors (Lipinski definition) is 2. The number of aryl methyl sites for hydroxylation is 1. The molecule has 0 amide bonds. The van der Waals surface area contributed by atoms with Gasteiger partial charge in [-0.3, -0.25) is 4.68 Å². The Hall–Kier alpha value is -1.91. The lowest BCUT2D eigenvalue weighted by Crippen LogP contribution is -2.37. The van der Waals surface area contributed by atoms with Gasteiger partial charge in [-0.2, -0.15) is 5.10 Å². The Morgan fingerprint density at radius 3 is 2.71 bits per heavy atom. The Morgan fingerprint density at radius 2 is 2.08 bits per heavy atom. The minimum Gasteiger partial charge on any atom is -0.363 e. The Labute approximate surface area is 159 Å². The summed E-state index contributed by atoms with van der Waals surface area (Å²) in [6.07, 6.45) is 1.54. The summed E-state index contributed by atoms with van der Waals surface area (Å²) in [6, 6.07) is 5.95. The van der Waals surface area contributed by atoms with Crippen LogP contribution in [-0.2, 0) is 20.1 Å². The van der Waals surface area contributed by atoms with Crippen LogP contribution in [0.1, 0.15) is 18.4 Å². The van der Waals surface area contributed by atoms with Crippen LogP contribution < -0.4 is 15.5 Å². The first kappa shape index (κ1) is 20.1. The highest BCUT2D eigenvalue weighted by Gasteiger charge is 2.04. The maximum Gasteiger partial charge on any atom is 0.192 e. The topological polar surface area (TPSA) is 83.3 Å². The number of guanidine groups is 1. The maximum atomic E-state index is 4.57. The zero-order chi connectivity index (χ0) is 16.7. The van der Waals surface area contributed by atoms with Gasteiger partial charge in [-0.15, -0.1) is 24.0 Å². The zero-order valence-corrected chi connectivity index (χ0v) is 16.9. The van der Waals surface area contributed by atoms with Crippen molar-refractivity contribution >= 4 is 35.8 Å². The zero-order valence-electron chi connectivity index (χ0n) is 14.5. The summed E-state index contributed by atoms with van der Waals surface area (Å²) in [5.74, 6) is 2.51. The molecule has 0 bridgehead atoms. The van der Waals surface area contributed by atoms with E-state index in [2.05, 4.69) is 30.7 Å². The summed E-state index contributed by atoms with van der Waals surface area (Å²) in [6.45, 7) is 3.89. The fourth-order valence-electron chi connectivity index (χ4n) is 1.95. The summed E-state index contributed by atoms with van der Waals surface area (Å²) in [7, 11) is 5.81. The highest BCUT2D eigenvalue weighted by Crippen LogP contribution is 2.08. The van der Waals surface area contributed by atoms with E-state index in [4.69, 9.17) is 0 Å². The van der Waals surface area contributed by atoms with Crippen LogP contribution in [0, 0.1) is 0 Å². The number of anilines is 1. The lowest BCUT2D eigenvalue weighted by molar-refractivity contribution is 0.673. The Kier molecular flexibility index (Phi) is 8.44. The van der Waals surface area contributed by atoms with E-state index in [1.807, 2.05) is 51.2 Å². The Morgan fingerprint density at radius 1 is 1.29 bits per heavy atom. The lowest BCUT2D eigenvalue weighted by atomic mass is 10.3. The molecule has 132 valence electrons. The SMILES string of the molecule is CCNC(=NCc1cccc(N(C)C)n1)NCc1ncnn1C.I. The van der Waals surface area contributed by atoms with Crippen molar-refractivity contribution in [1.82, 2.24) is 30.4 Å². The number of nitrogens with zero attached hydrogens (tertiary/aromatic N) is 6. The largest absolute Gasteiger partial charge is 0.363 e. The van der Waals surface area contributed by atoms with E-state index in [9.17, 15) is 0 Å². The number of hydrogen-bond acceptors (Lipinski definition) is 5. The molecule has 2 N–H and O–H groups in total. The fourth-order valence-corrected chi connectivity index (χ4v) is 1.95. The number of aliphatic imine (C=N–C) groups is 1. The number of pyridine rings is 1. The maximum absolute atomic E-state index is 4.57. The van der Waals surface area contributed by atoms with E-state index in [0.29, 0.717) is 13.1 Å². The van der Waals surface area contributed by atoms with Crippen LogP contribution in [0.25, 0.3) is 0 Å². The molecule has 0 fully saturated rings. The van der Waals surface area contributed by atoms with Crippen molar-refractivity contribution in [3.63, 3.8) is 0 Å². The third-order valence-corrected chi connectivity index (χ3v) is 3.21. The van der Waals surface area contributed by atoms with Crippen molar-refractivity contribution in [1.29, 1.82) is 0 Å². The molecule has 0 aromatic carbocycles. The standard InChI is InChI=1S/C15H24N8.HI/c1-5-16-15(18-10-14-19-11-20-23(14)4)17-9-12-7-6-8-13(21-12)22(2)3;/h6-8,11H,5,9-10H2,1-4H3,(H2,16,17,18);1H. The molecule has 0 aliphatic rings. The predicted molar refractivity (Wildman–Crippen MR) is 107 cm³/mol. The van der Waals surface area contributed by atoms with Gasteiger partial charge in [-0.05, 0) is 19.1 Å². The molecule has 2 rings (SSSR count). The van der Waals surface area contributed by atoms with Crippen LogP contribution in [-0.4, -0.2) is 46.3 Å². The first-order valence-electron chi connectivity index (χ1n) is 7.58. The van der Waals surface area contributed by atoms with E-state index in [0.717, 1.165) is 29.8 Å². The molecule has 0 unspecified atom stereocenters. The highest BCUT2D eigenvalue weighted by atomic mass is 127. The van der Waals surface area contributed by atoms with Crippen molar-refractivity contribution in [2.75, 3.05) is 25.5 Å². The molecule has 2 aromatic rings. The van der Waals surface area contributed by atoms with E-state index in [-0.39, 0.29) is 24.0 Å². The molecular weight excluding hydrogens is 419 g/mol. The van der Waals surface area contributed by atoms with Gasteiger partial charge in [-0.1, -0.05) is 6.07 Å².